The van der Waals surface area contributed by atoms with Crippen LogP contribution in [0.2, 0.25) is 0 Å². The maximum absolute atomic E-state index is 12.2. The van der Waals surface area contributed by atoms with Gasteiger partial charge in [-0.2, -0.15) is 0 Å². The Labute approximate surface area is 237 Å². The van der Waals surface area contributed by atoms with Crippen molar-refractivity contribution in [1.29, 1.82) is 0 Å². The highest BCUT2D eigenvalue weighted by Crippen LogP contribution is 2.33. The minimum absolute atomic E-state index is 0.0530. The number of pyridine rings is 1. The molecule has 1 fully saturated rings. The molecule has 0 unspecified atom stereocenters. The lowest BCUT2D eigenvalue weighted by Gasteiger charge is -2.30. The van der Waals surface area contributed by atoms with Gasteiger partial charge in [-0.15, -0.1) is 0 Å². The van der Waals surface area contributed by atoms with Crippen molar-refractivity contribution in [2.75, 3.05) is 17.2 Å². The number of carboxylic acid groups (broad SMARTS) is 1. The molecule has 3 aromatic carbocycles. The molecule has 3 amide bonds. The third kappa shape index (κ3) is 6.91. The van der Waals surface area contributed by atoms with Gasteiger partial charge >= 0.3 is 6.09 Å². The predicted molar refractivity (Wildman–Crippen MR) is 159 cm³/mol. The molecule has 0 radical (unpaired) electrons. The van der Waals surface area contributed by atoms with E-state index in [1.165, 1.54) is 6.20 Å². The molecule has 1 heterocycles. The van der Waals surface area contributed by atoms with E-state index in [1.807, 2.05) is 60.7 Å². The summed E-state index contributed by atoms with van der Waals surface area (Å²) in [7, 11) is 0. The summed E-state index contributed by atoms with van der Waals surface area (Å²) in [4.78, 5) is 39.1. The number of carbonyl (C=O) groups is 3. The lowest BCUT2D eigenvalue weighted by Crippen LogP contribution is -2.44. The molecule has 1 saturated carbocycles. The van der Waals surface area contributed by atoms with Gasteiger partial charge < -0.3 is 32.1 Å². The van der Waals surface area contributed by atoms with Crippen LogP contribution in [0.4, 0.5) is 21.9 Å². The fourth-order valence-corrected chi connectivity index (χ4v) is 5.17. The second-order valence-corrected chi connectivity index (χ2v) is 10.1. The summed E-state index contributed by atoms with van der Waals surface area (Å²) >= 11 is 0. The zero-order valence-electron chi connectivity index (χ0n) is 22.4. The topological polar surface area (TPSA) is 158 Å². The zero-order chi connectivity index (χ0) is 28.8. The third-order valence-electron chi connectivity index (χ3n) is 7.26. The summed E-state index contributed by atoms with van der Waals surface area (Å²) in [6.45, 7) is -0.231. The van der Waals surface area contributed by atoms with E-state index in [2.05, 4.69) is 38.4 Å². The average molecular weight is 553 g/mol. The molecule has 0 bridgehead atoms. The van der Waals surface area contributed by atoms with Crippen molar-refractivity contribution >= 4 is 45.9 Å². The molecule has 1 aromatic heterocycles. The number of hydrogen-bond acceptors (Lipinski definition) is 6. The van der Waals surface area contributed by atoms with Gasteiger partial charge in [-0.3, -0.25) is 14.6 Å². The number of benzene rings is 3. The first kappa shape index (κ1) is 27.4. The van der Waals surface area contributed by atoms with Gasteiger partial charge in [0.05, 0.1) is 23.3 Å². The van der Waals surface area contributed by atoms with Crippen LogP contribution in [0.1, 0.15) is 36.0 Å². The molecule has 0 atom stereocenters. The monoisotopic (exact) mass is 552 g/mol. The van der Waals surface area contributed by atoms with Gasteiger partial charge in [-0.1, -0.05) is 36.4 Å². The molecule has 10 nitrogen and oxygen atoms in total. The largest absolute Gasteiger partial charge is 0.465 e. The Kier molecular flexibility index (Phi) is 8.28. The number of aromatic nitrogens is 1. The Morgan fingerprint density at radius 2 is 1.54 bits per heavy atom. The van der Waals surface area contributed by atoms with Gasteiger partial charge in [-0.05, 0) is 73.2 Å². The Balaban J connectivity index is 1.26. The Morgan fingerprint density at radius 3 is 2.22 bits per heavy atom. The Hall–Kier alpha value is -5.12. The molecule has 0 spiro atoms. The highest BCUT2D eigenvalue weighted by Gasteiger charge is 2.22. The number of para-hydroxylation sites is 1. The van der Waals surface area contributed by atoms with E-state index >= 15 is 0 Å². The van der Waals surface area contributed by atoms with E-state index in [4.69, 9.17) is 10.8 Å². The van der Waals surface area contributed by atoms with Crippen LogP contribution in [0.3, 0.4) is 0 Å². The second-order valence-electron chi connectivity index (χ2n) is 10.1. The molecule has 5 rings (SSSR count). The summed E-state index contributed by atoms with van der Waals surface area (Å²) in [5.74, 6) is -0.858. The molecule has 7 N–H and O–H groups in total. The summed E-state index contributed by atoms with van der Waals surface area (Å²) in [5.41, 5.74) is 11.2. The van der Waals surface area contributed by atoms with Crippen molar-refractivity contribution in [2.45, 2.75) is 37.8 Å². The first-order chi connectivity index (χ1) is 19.9. The first-order valence-electron chi connectivity index (χ1n) is 13.5. The van der Waals surface area contributed by atoms with Crippen molar-refractivity contribution in [1.82, 2.24) is 15.6 Å². The number of amides is 3. The number of nitrogens with two attached hydrogens (primary N) is 1. The maximum Gasteiger partial charge on any atom is 0.405 e. The molecule has 0 saturated heterocycles. The van der Waals surface area contributed by atoms with Crippen LogP contribution in [0.25, 0.3) is 22.0 Å². The lowest BCUT2D eigenvalue weighted by molar-refractivity contribution is -0.121. The van der Waals surface area contributed by atoms with Crippen molar-refractivity contribution in [3.05, 3.63) is 84.6 Å². The van der Waals surface area contributed by atoms with E-state index in [1.54, 1.807) is 0 Å². The second kappa shape index (κ2) is 12.4. The fourth-order valence-electron chi connectivity index (χ4n) is 5.17. The standard InChI is InChI=1S/C31H32N6O4/c32-30(39)26-17-33-27-15-8-20(16-25(27)29(26)37-21-4-2-1-3-5-21)19-6-9-22(10-7-19)35-23-11-13-24(14-12-23)36-28(38)18-34-31(40)41/h1-10,15-17,23-24,34-35H,11-14,18H2,(H2,32,39)(H,33,37)(H,36,38)(H,40,41). The van der Waals surface area contributed by atoms with Gasteiger partial charge in [0, 0.05) is 35.0 Å². The summed E-state index contributed by atoms with van der Waals surface area (Å²) in [6, 6.07) is 24.1. The van der Waals surface area contributed by atoms with Crippen molar-refractivity contribution in [2.24, 2.45) is 5.73 Å². The molecule has 4 aromatic rings. The van der Waals surface area contributed by atoms with Crippen LogP contribution < -0.4 is 27.0 Å². The van der Waals surface area contributed by atoms with E-state index in [9.17, 15) is 14.4 Å². The van der Waals surface area contributed by atoms with Crippen LogP contribution in [0.15, 0.2) is 79.0 Å². The highest BCUT2D eigenvalue weighted by atomic mass is 16.4. The van der Waals surface area contributed by atoms with Crippen LogP contribution in [-0.4, -0.2) is 46.6 Å². The molecule has 0 aliphatic heterocycles. The van der Waals surface area contributed by atoms with Gasteiger partial charge in [0.2, 0.25) is 5.91 Å². The number of carbonyl (C=O) groups excluding carboxylic acids is 2. The van der Waals surface area contributed by atoms with Crippen LogP contribution >= 0.6 is 0 Å². The lowest BCUT2D eigenvalue weighted by atomic mass is 9.91. The van der Waals surface area contributed by atoms with Crippen molar-refractivity contribution in [3.63, 3.8) is 0 Å². The van der Waals surface area contributed by atoms with Crippen molar-refractivity contribution in [3.8, 4) is 11.1 Å². The molecule has 1 aliphatic rings. The van der Waals surface area contributed by atoms with E-state index in [0.717, 1.165) is 59.1 Å². The first-order valence-corrected chi connectivity index (χ1v) is 13.5. The quantitative estimate of drug-likeness (QED) is 0.173. The Morgan fingerprint density at radius 1 is 0.854 bits per heavy atom. The fraction of sp³-hybridized carbons (Fsp3) is 0.226. The molecular weight excluding hydrogens is 520 g/mol. The molecular formula is C31H32N6O4. The van der Waals surface area contributed by atoms with Gasteiger partial charge in [0.25, 0.3) is 5.91 Å². The number of hydrogen-bond donors (Lipinski definition) is 6. The predicted octanol–water partition coefficient (Wildman–Crippen LogP) is 4.85. The zero-order valence-corrected chi connectivity index (χ0v) is 22.4. The van der Waals surface area contributed by atoms with Crippen LogP contribution in [-0.2, 0) is 4.79 Å². The van der Waals surface area contributed by atoms with Gasteiger partial charge in [0.1, 0.15) is 0 Å². The minimum Gasteiger partial charge on any atom is -0.465 e. The van der Waals surface area contributed by atoms with Crippen LogP contribution in [0, 0.1) is 0 Å². The number of fused-ring (bicyclic) bond motifs is 1. The number of nitrogens with zero attached hydrogens (tertiary/aromatic N) is 1. The van der Waals surface area contributed by atoms with Crippen molar-refractivity contribution < 1.29 is 19.5 Å². The number of rotatable bonds is 9. The number of primary amides is 1. The number of anilines is 3. The summed E-state index contributed by atoms with van der Waals surface area (Å²) < 4.78 is 0. The number of nitrogens with one attached hydrogen (secondary N) is 4. The molecule has 210 valence electrons. The SMILES string of the molecule is NC(=O)c1cnc2ccc(-c3ccc(NC4CCC(NC(=O)CNC(=O)O)CC4)cc3)cc2c1Nc1ccccc1. The summed E-state index contributed by atoms with van der Waals surface area (Å²) in [5, 5.41) is 21.4. The van der Waals surface area contributed by atoms with E-state index in [0.29, 0.717) is 11.3 Å². The Bertz CT molecular complexity index is 1550. The third-order valence-corrected chi connectivity index (χ3v) is 7.26. The van der Waals surface area contributed by atoms with E-state index < -0.39 is 12.0 Å². The van der Waals surface area contributed by atoms with Gasteiger partial charge in [-0.25, -0.2) is 4.79 Å². The smallest absolute Gasteiger partial charge is 0.405 e. The average Bonchev–Trinajstić information content (AvgIpc) is 2.98. The molecule has 10 heteroatoms. The van der Waals surface area contributed by atoms with Gasteiger partial charge in [0.15, 0.2) is 0 Å². The minimum atomic E-state index is -1.21. The normalized spacial score (nSPS) is 16.5. The molecule has 41 heavy (non-hydrogen) atoms. The summed E-state index contributed by atoms with van der Waals surface area (Å²) in [6.07, 6.45) is 3.75. The molecule has 1 aliphatic carbocycles. The highest BCUT2D eigenvalue weighted by molar-refractivity contribution is 6.08. The maximum atomic E-state index is 12.2. The van der Waals surface area contributed by atoms with Crippen LogP contribution in [0.5, 0.6) is 0 Å². The van der Waals surface area contributed by atoms with E-state index in [-0.39, 0.29) is 24.5 Å².